The van der Waals surface area contributed by atoms with Gasteiger partial charge in [0.25, 0.3) is 15.9 Å². The molecule has 140 valence electrons. The summed E-state index contributed by atoms with van der Waals surface area (Å²) in [5.74, 6) is -0.772. The minimum Gasteiger partial charge on any atom is -0.320 e. The summed E-state index contributed by atoms with van der Waals surface area (Å²) in [4.78, 5) is 34.9. The van der Waals surface area contributed by atoms with Crippen molar-refractivity contribution in [3.05, 3.63) is 59.7 Å². The smallest absolute Gasteiger partial charge is 0.320 e. The Kier molecular flexibility index (Phi) is 4.48. The summed E-state index contributed by atoms with van der Waals surface area (Å²) in [5.41, 5.74) is -0.378. The van der Waals surface area contributed by atoms with E-state index in [4.69, 9.17) is 0 Å². The first-order valence-corrected chi connectivity index (χ1v) is 9.48. The zero-order chi connectivity index (χ0) is 19.8. The van der Waals surface area contributed by atoms with E-state index in [-0.39, 0.29) is 21.9 Å². The molecule has 9 heteroatoms. The Labute approximate surface area is 156 Å². The van der Waals surface area contributed by atoms with E-state index >= 15 is 0 Å². The van der Waals surface area contributed by atoms with Crippen molar-refractivity contribution >= 4 is 33.4 Å². The molecule has 3 amide bonds. The maximum atomic E-state index is 12.6. The highest BCUT2D eigenvalue weighted by molar-refractivity contribution is 7.92. The van der Waals surface area contributed by atoms with Crippen LogP contribution in [0.5, 0.6) is 0 Å². The lowest BCUT2D eigenvalue weighted by Gasteiger charge is -2.21. The number of nitrogens with one attached hydrogen (secondary N) is 3. The molecular weight excluding hydrogens is 370 g/mol. The Morgan fingerprint density at radius 2 is 1.78 bits per heavy atom. The molecule has 1 aliphatic rings. The topological polar surface area (TPSA) is 121 Å². The van der Waals surface area contributed by atoms with Crippen molar-refractivity contribution < 1.29 is 22.8 Å². The molecule has 0 radical (unpaired) electrons. The number of Topliss-reactive ketones (excluding diaryl/α,β-unsaturated/α-hetero) is 1. The molecule has 1 aliphatic heterocycles. The van der Waals surface area contributed by atoms with Crippen molar-refractivity contribution in [3.8, 4) is 0 Å². The number of benzene rings is 2. The average Bonchev–Trinajstić information content (AvgIpc) is 2.88. The third kappa shape index (κ3) is 3.54. The standard InChI is InChI=1S/C18H17N3O5S/c1-11(22)12-5-3-8-15(9-12)27(25,26)21-14-7-4-6-13(10-14)18(2)16(23)19-17(24)20-18/h3-10,21H,1-2H3,(H2,19,20,23,24)/t18-/m1/s1. The molecule has 1 saturated heterocycles. The average molecular weight is 387 g/mol. The fourth-order valence-corrected chi connectivity index (χ4v) is 3.83. The number of ketones is 1. The largest absolute Gasteiger partial charge is 0.322 e. The maximum absolute atomic E-state index is 12.6. The normalized spacial score (nSPS) is 19.3. The van der Waals surface area contributed by atoms with E-state index in [1.54, 1.807) is 12.1 Å². The predicted molar refractivity (Wildman–Crippen MR) is 97.7 cm³/mol. The van der Waals surface area contributed by atoms with Gasteiger partial charge in [0.2, 0.25) is 0 Å². The number of anilines is 1. The molecule has 0 spiro atoms. The summed E-state index contributed by atoms with van der Waals surface area (Å²) < 4.78 is 27.7. The Hall–Kier alpha value is -3.20. The quantitative estimate of drug-likeness (QED) is 0.533. The Morgan fingerprint density at radius 3 is 2.41 bits per heavy atom. The van der Waals surface area contributed by atoms with Gasteiger partial charge in [0.05, 0.1) is 4.90 Å². The van der Waals surface area contributed by atoms with Gasteiger partial charge in [-0.1, -0.05) is 24.3 Å². The SMILES string of the molecule is CC(=O)c1cccc(S(=O)(=O)Nc2cccc([C@@]3(C)NC(=O)NC3=O)c2)c1. The first-order valence-electron chi connectivity index (χ1n) is 8.00. The lowest BCUT2D eigenvalue weighted by atomic mass is 9.92. The fraction of sp³-hybridized carbons (Fsp3) is 0.167. The van der Waals surface area contributed by atoms with Crippen LogP contribution in [-0.2, 0) is 20.4 Å². The van der Waals surface area contributed by atoms with Crippen LogP contribution in [0, 0.1) is 0 Å². The van der Waals surface area contributed by atoms with Gasteiger partial charge in [0, 0.05) is 11.3 Å². The van der Waals surface area contributed by atoms with E-state index < -0.39 is 27.5 Å². The van der Waals surface area contributed by atoms with E-state index in [1.165, 1.54) is 50.2 Å². The molecule has 1 atom stereocenters. The number of sulfonamides is 1. The van der Waals surface area contributed by atoms with Gasteiger partial charge in [0.1, 0.15) is 5.54 Å². The molecule has 0 saturated carbocycles. The second kappa shape index (κ2) is 6.51. The monoisotopic (exact) mass is 387 g/mol. The van der Waals surface area contributed by atoms with Crippen LogP contribution in [0.3, 0.4) is 0 Å². The molecule has 1 fully saturated rings. The summed E-state index contributed by atoms with van der Waals surface area (Å²) in [5, 5.41) is 4.68. The molecule has 0 aliphatic carbocycles. The van der Waals surface area contributed by atoms with Crippen molar-refractivity contribution in [1.29, 1.82) is 0 Å². The van der Waals surface area contributed by atoms with Crippen LogP contribution in [0.2, 0.25) is 0 Å². The van der Waals surface area contributed by atoms with Gasteiger partial charge in [-0.3, -0.25) is 19.6 Å². The second-order valence-corrected chi connectivity index (χ2v) is 7.99. The van der Waals surface area contributed by atoms with Crippen molar-refractivity contribution in [2.45, 2.75) is 24.3 Å². The van der Waals surface area contributed by atoms with Crippen molar-refractivity contribution in [3.63, 3.8) is 0 Å². The first-order chi connectivity index (χ1) is 12.6. The second-order valence-electron chi connectivity index (χ2n) is 6.30. The van der Waals surface area contributed by atoms with E-state index in [0.717, 1.165) is 0 Å². The van der Waals surface area contributed by atoms with Crippen LogP contribution >= 0.6 is 0 Å². The highest BCUT2D eigenvalue weighted by Crippen LogP contribution is 2.27. The molecule has 8 nitrogen and oxygen atoms in total. The number of carbonyl (C=O) groups excluding carboxylic acids is 3. The van der Waals surface area contributed by atoms with E-state index in [2.05, 4.69) is 15.4 Å². The highest BCUT2D eigenvalue weighted by Gasteiger charge is 2.43. The van der Waals surface area contributed by atoms with Crippen molar-refractivity contribution in [2.24, 2.45) is 0 Å². The van der Waals surface area contributed by atoms with Gasteiger partial charge in [-0.2, -0.15) is 0 Å². The highest BCUT2D eigenvalue weighted by atomic mass is 32.2. The van der Waals surface area contributed by atoms with Gasteiger partial charge in [-0.15, -0.1) is 0 Å². The molecular formula is C18H17N3O5S. The lowest BCUT2D eigenvalue weighted by molar-refractivity contribution is -0.123. The van der Waals surface area contributed by atoms with Gasteiger partial charge >= 0.3 is 6.03 Å². The number of rotatable bonds is 5. The summed E-state index contributed by atoms with van der Waals surface area (Å²) in [7, 11) is -3.94. The van der Waals surface area contributed by atoms with Crippen LogP contribution in [-0.4, -0.2) is 26.1 Å². The van der Waals surface area contributed by atoms with Gasteiger partial charge in [-0.25, -0.2) is 13.2 Å². The minimum absolute atomic E-state index is 0.0567. The zero-order valence-corrected chi connectivity index (χ0v) is 15.4. The van der Waals surface area contributed by atoms with Gasteiger partial charge < -0.3 is 5.32 Å². The van der Waals surface area contributed by atoms with Crippen LogP contribution in [0.4, 0.5) is 10.5 Å². The van der Waals surface area contributed by atoms with Crippen molar-refractivity contribution in [1.82, 2.24) is 10.6 Å². The van der Waals surface area contributed by atoms with Crippen LogP contribution in [0.1, 0.15) is 29.8 Å². The summed E-state index contributed by atoms with van der Waals surface area (Å²) in [6.07, 6.45) is 0. The number of hydrogen-bond acceptors (Lipinski definition) is 5. The molecule has 2 aromatic rings. The van der Waals surface area contributed by atoms with Crippen LogP contribution in [0.15, 0.2) is 53.4 Å². The van der Waals surface area contributed by atoms with E-state index in [9.17, 15) is 22.8 Å². The molecule has 2 aromatic carbocycles. The Bertz CT molecular complexity index is 1060. The number of carbonyl (C=O) groups is 3. The third-order valence-electron chi connectivity index (χ3n) is 4.29. The maximum Gasteiger partial charge on any atom is 0.322 e. The molecule has 0 aromatic heterocycles. The molecule has 27 heavy (non-hydrogen) atoms. The number of urea groups is 1. The number of hydrogen-bond donors (Lipinski definition) is 3. The molecule has 3 N–H and O–H groups in total. The van der Waals surface area contributed by atoms with Gasteiger partial charge in [-0.05, 0) is 43.7 Å². The molecule has 1 heterocycles. The summed E-state index contributed by atoms with van der Waals surface area (Å²) >= 11 is 0. The molecule has 0 unspecified atom stereocenters. The summed E-state index contributed by atoms with van der Waals surface area (Å²) in [6.45, 7) is 2.88. The fourth-order valence-electron chi connectivity index (χ4n) is 2.74. The summed E-state index contributed by atoms with van der Waals surface area (Å²) in [6, 6.07) is 11.2. The number of imide groups is 1. The van der Waals surface area contributed by atoms with Crippen LogP contribution in [0.25, 0.3) is 0 Å². The lowest BCUT2D eigenvalue weighted by Crippen LogP contribution is -2.40. The molecule has 3 rings (SSSR count). The Morgan fingerprint density at radius 1 is 1.07 bits per heavy atom. The molecule has 0 bridgehead atoms. The van der Waals surface area contributed by atoms with Gasteiger partial charge in [0.15, 0.2) is 5.78 Å². The first kappa shape index (κ1) is 18.6. The predicted octanol–water partition coefficient (Wildman–Crippen LogP) is 1.74. The Balaban J connectivity index is 1.92. The van der Waals surface area contributed by atoms with Crippen molar-refractivity contribution in [2.75, 3.05) is 4.72 Å². The van der Waals surface area contributed by atoms with E-state index in [0.29, 0.717) is 5.56 Å². The zero-order valence-electron chi connectivity index (χ0n) is 14.6. The number of amides is 3. The van der Waals surface area contributed by atoms with E-state index in [1.807, 2.05) is 0 Å². The third-order valence-corrected chi connectivity index (χ3v) is 5.67. The van der Waals surface area contributed by atoms with Crippen LogP contribution < -0.4 is 15.4 Å². The minimum atomic E-state index is -3.94.